The summed E-state index contributed by atoms with van der Waals surface area (Å²) in [5, 5.41) is 3.90. The molecule has 0 aliphatic carbocycles. The number of aromatic nitrogens is 2. The van der Waals surface area contributed by atoms with Gasteiger partial charge in [0.15, 0.2) is 0 Å². The third kappa shape index (κ3) is 3.72. The molecule has 1 heterocycles. The Kier molecular flexibility index (Phi) is 4.82. The second kappa shape index (κ2) is 6.59. The van der Waals surface area contributed by atoms with Crippen molar-refractivity contribution in [1.29, 1.82) is 0 Å². The average Bonchev–Trinajstić information content (AvgIpc) is 2.75. The van der Waals surface area contributed by atoms with Crippen LogP contribution < -0.4 is 10.1 Å². The third-order valence-electron chi connectivity index (χ3n) is 2.87. The molecule has 0 unspecified atom stereocenters. The molecule has 2 aromatic rings. The first-order chi connectivity index (χ1) is 9.20. The van der Waals surface area contributed by atoms with Crippen molar-refractivity contribution in [2.45, 2.75) is 20.1 Å². The van der Waals surface area contributed by atoms with E-state index in [0.29, 0.717) is 11.8 Å². The van der Waals surface area contributed by atoms with Crippen LogP contribution >= 0.6 is 11.6 Å². The van der Waals surface area contributed by atoms with Crippen molar-refractivity contribution < 1.29 is 4.74 Å². The molecule has 0 spiro atoms. The van der Waals surface area contributed by atoms with Gasteiger partial charge in [-0.2, -0.15) is 0 Å². The quantitative estimate of drug-likeness (QED) is 0.884. The highest BCUT2D eigenvalue weighted by molar-refractivity contribution is 6.29. The van der Waals surface area contributed by atoms with Gasteiger partial charge >= 0.3 is 0 Å². The zero-order valence-electron chi connectivity index (χ0n) is 11.2. The Labute approximate surface area is 118 Å². The Balaban J connectivity index is 1.97. The van der Waals surface area contributed by atoms with E-state index >= 15 is 0 Å². The van der Waals surface area contributed by atoms with E-state index in [-0.39, 0.29) is 0 Å². The fourth-order valence-corrected chi connectivity index (χ4v) is 1.87. The van der Waals surface area contributed by atoms with Gasteiger partial charge in [-0.25, -0.2) is 4.98 Å². The van der Waals surface area contributed by atoms with Gasteiger partial charge in [0.25, 0.3) is 0 Å². The standard InChI is InChI=1S/C14H18ClN3O/c1-3-16-8-11-5-4-6-12(7-11)19-10-14-17-9-13(15)18(14)2/h4-7,9,16H,3,8,10H2,1-2H3. The third-order valence-corrected chi connectivity index (χ3v) is 3.22. The topological polar surface area (TPSA) is 39.1 Å². The van der Waals surface area contributed by atoms with Crippen molar-refractivity contribution >= 4 is 11.6 Å². The maximum atomic E-state index is 5.93. The number of rotatable bonds is 6. The maximum Gasteiger partial charge on any atom is 0.147 e. The minimum atomic E-state index is 0.411. The molecule has 0 amide bonds. The van der Waals surface area contributed by atoms with Crippen LogP contribution in [0.2, 0.25) is 5.15 Å². The van der Waals surface area contributed by atoms with E-state index in [4.69, 9.17) is 16.3 Å². The minimum Gasteiger partial charge on any atom is -0.486 e. The number of halogens is 1. The first kappa shape index (κ1) is 13.9. The lowest BCUT2D eigenvalue weighted by Gasteiger charge is -2.08. The molecule has 0 radical (unpaired) electrons. The van der Waals surface area contributed by atoms with Crippen LogP contribution in [0.4, 0.5) is 0 Å². The Bertz CT molecular complexity index is 539. The number of hydrogen-bond donors (Lipinski definition) is 1. The van der Waals surface area contributed by atoms with E-state index in [1.54, 1.807) is 6.20 Å². The molecule has 19 heavy (non-hydrogen) atoms. The highest BCUT2D eigenvalue weighted by Crippen LogP contribution is 2.16. The van der Waals surface area contributed by atoms with E-state index in [1.807, 2.05) is 29.8 Å². The molecule has 0 fully saturated rings. The monoisotopic (exact) mass is 279 g/mol. The normalized spacial score (nSPS) is 10.7. The Hall–Kier alpha value is -1.52. The first-order valence-corrected chi connectivity index (χ1v) is 6.67. The summed E-state index contributed by atoms with van der Waals surface area (Å²) in [7, 11) is 1.87. The van der Waals surface area contributed by atoms with Crippen LogP contribution in [0.5, 0.6) is 5.75 Å². The van der Waals surface area contributed by atoms with E-state index in [9.17, 15) is 0 Å². The molecule has 4 nitrogen and oxygen atoms in total. The summed E-state index contributed by atoms with van der Waals surface area (Å²) in [5.41, 5.74) is 1.21. The Morgan fingerprint density at radius 1 is 1.42 bits per heavy atom. The fourth-order valence-electron chi connectivity index (χ4n) is 1.72. The van der Waals surface area contributed by atoms with Crippen LogP contribution in [0.25, 0.3) is 0 Å². The van der Waals surface area contributed by atoms with Crippen LogP contribution in [0.15, 0.2) is 30.5 Å². The molecule has 5 heteroatoms. The summed E-state index contributed by atoms with van der Waals surface area (Å²) < 4.78 is 7.55. The Morgan fingerprint density at radius 3 is 2.95 bits per heavy atom. The van der Waals surface area contributed by atoms with Gasteiger partial charge in [0.1, 0.15) is 23.3 Å². The van der Waals surface area contributed by atoms with Gasteiger partial charge in [-0.15, -0.1) is 0 Å². The molecule has 0 aliphatic heterocycles. The molecule has 102 valence electrons. The molecule has 2 rings (SSSR count). The van der Waals surface area contributed by atoms with Crippen LogP contribution in [-0.2, 0) is 20.2 Å². The Morgan fingerprint density at radius 2 is 2.26 bits per heavy atom. The number of hydrogen-bond acceptors (Lipinski definition) is 3. The van der Waals surface area contributed by atoms with Gasteiger partial charge in [0.05, 0.1) is 6.20 Å². The molecule has 0 bridgehead atoms. The van der Waals surface area contributed by atoms with Gasteiger partial charge < -0.3 is 14.6 Å². The minimum absolute atomic E-state index is 0.411. The summed E-state index contributed by atoms with van der Waals surface area (Å²) >= 11 is 5.93. The SMILES string of the molecule is CCNCc1cccc(OCc2ncc(Cl)n2C)c1. The lowest BCUT2D eigenvalue weighted by molar-refractivity contribution is 0.291. The smallest absolute Gasteiger partial charge is 0.147 e. The molecule has 0 saturated heterocycles. The molecule has 1 N–H and O–H groups in total. The van der Waals surface area contributed by atoms with E-state index < -0.39 is 0 Å². The lowest BCUT2D eigenvalue weighted by Crippen LogP contribution is -2.11. The lowest BCUT2D eigenvalue weighted by atomic mass is 10.2. The summed E-state index contributed by atoms with van der Waals surface area (Å²) in [6, 6.07) is 8.05. The van der Waals surface area contributed by atoms with Gasteiger partial charge in [-0.05, 0) is 24.2 Å². The van der Waals surface area contributed by atoms with Crippen molar-refractivity contribution in [2.24, 2.45) is 7.05 Å². The molecule has 0 atom stereocenters. The number of ether oxygens (including phenoxy) is 1. The van der Waals surface area contributed by atoms with Crippen molar-refractivity contribution in [3.63, 3.8) is 0 Å². The molecular formula is C14H18ClN3O. The van der Waals surface area contributed by atoms with Gasteiger partial charge in [0.2, 0.25) is 0 Å². The van der Waals surface area contributed by atoms with E-state index in [1.165, 1.54) is 5.56 Å². The molecule has 1 aromatic carbocycles. The zero-order valence-corrected chi connectivity index (χ0v) is 11.9. The summed E-state index contributed by atoms with van der Waals surface area (Å²) in [6.07, 6.45) is 1.63. The first-order valence-electron chi connectivity index (χ1n) is 6.29. The number of benzene rings is 1. The highest BCUT2D eigenvalue weighted by Gasteiger charge is 2.05. The van der Waals surface area contributed by atoms with Crippen molar-refractivity contribution in [1.82, 2.24) is 14.9 Å². The maximum absolute atomic E-state index is 5.93. The zero-order chi connectivity index (χ0) is 13.7. The van der Waals surface area contributed by atoms with Gasteiger partial charge in [0, 0.05) is 13.6 Å². The largest absolute Gasteiger partial charge is 0.486 e. The average molecular weight is 280 g/mol. The van der Waals surface area contributed by atoms with Crippen LogP contribution in [0.1, 0.15) is 18.3 Å². The predicted molar refractivity (Wildman–Crippen MR) is 76.4 cm³/mol. The number of imidazole rings is 1. The highest BCUT2D eigenvalue weighted by atomic mass is 35.5. The molecule has 0 saturated carbocycles. The van der Waals surface area contributed by atoms with Crippen molar-refractivity contribution in [2.75, 3.05) is 6.54 Å². The van der Waals surface area contributed by atoms with E-state index in [2.05, 4.69) is 23.3 Å². The van der Waals surface area contributed by atoms with Crippen LogP contribution in [0, 0.1) is 0 Å². The summed E-state index contributed by atoms with van der Waals surface area (Å²) in [5.74, 6) is 1.65. The molecule has 1 aromatic heterocycles. The molecule has 0 aliphatic rings. The fraction of sp³-hybridized carbons (Fsp3) is 0.357. The van der Waals surface area contributed by atoms with Crippen molar-refractivity contribution in [3.05, 3.63) is 47.0 Å². The predicted octanol–water partition coefficient (Wildman–Crippen LogP) is 2.76. The second-order valence-corrected chi connectivity index (χ2v) is 4.66. The van der Waals surface area contributed by atoms with Gasteiger partial charge in [-0.3, -0.25) is 0 Å². The number of nitrogens with zero attached hydrogens (tertiary/aromatic N) is 2. The number of nitrogens with one attached hydrogen (secondary N) is 1. The molecular weight excluding hydrogens is 262 g/mol. The second-order valence-electron chi connectivity index (χ2n) is 4.27. The summed E-state index contributed by atoms with van der Waals surface area (Å²) in [4.78, 5) is 4.20. The van der Waals surface area contributed by atoms with E-state index in [0.717, 1.165) is 24.7 Å². The van der Waals surface area contributed by atoms with Crippen molar-refractivity contribution in [3.8, 4) is 5.75 Å². The van der Waals surface area contributed by atoms with Gasteiger partial charge in [-0.1, -0.05) is 30.7 Å². The van der Waals surface area contributed by atoms with Crippen LogP contribution in [0.3, 0.4) is 0 Å². The van der Waals surface area contributed by atoms with Crippen LogP contribution in [-0.4, -0.2) is 16.1 Å². The summed E-state index contributed by atoms with van der Waals surface area (Å²) in [6.45, 7) is 4.30.